The van der Waals surface area contributed by atoms with Gasteiger partial charge in [0, 0.05) is 0 Å². The van der Waals surface area contributed by atoms with Crippen LogP contribution in [0.15, 0.2) is 18.3 Å². The van der Waals surface area contributed by atoms with Gasteiger partial charge in [-0.1, -0.05) is 11.6 Å². The van der Waals surface area contributed by atoms with Crippen molar-refractivity contribution in [2.75, 3.05) is 0 Å². The summed E-state index contributed by atoms with van der Waals surface area (Å²) >= 11 is 5.39. The predicted molar refractivity (Wildman–Crippen MR) is 38.1 cm³/mol. The van der Waals surface area contributed by atoms with Crippen LogP contribution in [-0.2, 0) is 0 Å². The molecule has 1 heterocycles. The molecular formula is C5H5ClNNaO. The molecule has 0 unspecified atom stereocenters. The van der Waals surface area contributed by atoms with E-state index in [1.54, 1.807) is 0 Å². The van der Waals surface area contributed by atoms with Crippen molar-refractivity contribution in [1.29, 1.82) is 0 Å². The molecule has 0 amide bonds. The maximum absolute atomic E-state index is 8.64. The van der Waals surface area contributed by atoms with Gasteiger partial charge in [-0.2, -0.15) is 0 Å². The minimum absolute atomic E-state index is 0. The topological polar surface area (TPSA) is 33.1 Å². The monoisotopic (exact) mass is 153 g/mol. The Bertz CT molecular complexity index is 156. The molecule has 0 saturated heterocycles. The van der Waals surface area contributed by atoms with E-state index in [-0.39, 0.29) is 35.3 Å². The number of aromatic nitrogens is 1. The van der Waals surface area contributed by atoms with Crippen molar-refractivity contribution in [3.63, 3.8) is 0 Å². The molecule has 1 aromatic rings. The summed E-state index contributed by atoms with van der Waals surface area (Å²) in [6.07, 6.45) is 1.29. The first-order chi connectivity index (χ1) is 3.79. The first-order valence-corrected chi connectivity index (χ1v) is 2.47. The van der Waals surface area contributed by atoms with Crippen molar-refractivity contribution in [3.05, 3.63) is 23.5 Å². The molecule has 0 aliphatic carbocycles. The van der Waals surface area contributed by atoms with Gasteiger partial charge in [0.2, 0.25) is 0 Å². The first kappa shape index (κ1) is 9.24. The zero-order valence-corrected chi connectivity index (χ0v) is 4.76. The summed E-state index contributed by atoms with van der Waals surface area (Å²) in [6.45, 7) is 0. The molecule has 0 saturated carbocycles. The molecule has 9 heavy (non-hydrogen) atoms. The van der Waals surface area contributed by atoms with Crippen LogP contribution >= 0.6 is 11.6 Å². The van der Waals surface area contributed by atoms with Crippen LogP contribution in [0.1, 0.15) is 0 Å². The fraction of sp³-hybridized carbons (Fsp3) is 0. The molecular weight excluding hydrogens is 149 g/mol. The molecule has 0 radical (unpaired) electrons. The van der Waals surface area contributed by atoms with Crippen molar-refractivity contribution in [1.82, 2.24) is 4.98 Å². The second-order valence-corrected chi connectivity index (χ2v) is 1.73. The van der Waals surface area contributed by atoms with E-state index in [9.17, 15) is 0 Å². The third kappa shape index (κ3) is 3.06. The Labute approximate surface area is 80.2 Å². The molecule has 4 heteroatoms. The molecule has 0 aliphatic rings. The van der Waals surface area contributed by atoms with Crippen molar-refractivity contribution < 1.29 is 5.11 Å². The van der Waals surface area contributed by atoms with Crippen LogP contribution in [0.5, 0.6) is 5.75 Å². The molecule has 44 valence electrons. The zero-order valence-electron chi connectivity index (χ0n) is 4.00. The van der Waals surface area contributed by atoms with Crippen LogP contribution in [-0.4, -0.2) is 39.6 Å². The van der Waals surface area contributed by atoms with E-state index in [0.29, 0.717) is 5.15 Å². The Morgan fingerprint density at radius 2 is 2.11 bits per heavy atom. The van der Waals surface area contributed by atoms with Crippen molar-refractivity contribution in [2.24, 2.45) is 0 Å². The minimum atomic E-state index is 0. The first-order valence-electron chi connectivity index (χ1n) is 2.09. The Kier molecular flexibility index (Phi) is 4.23. The van der Waals surface area contributed by atoms with Gasteiger partial charge in [0.05, 0.1) is 6.20 Å². The third-order valence-corrected chi connectivity index (χ3v) is 0.935. The van der Waals surface area contributed by atoms with Gasteiger partial charge in [-0.15, -0.1) is 0 Å². The molecule has 0 aliphatic heterocycles. The summed E-state index contributed by atoms with van der Waals surface area (Å²) in [5.41, 5.74) is 0. The predicted octanol–water partition coefficient (Wildman–Crippen LogP) is 0.792. The second-order valence-electron chi connectivity index (χ2n) is 1.34. The van der Waals surface area contributed by atoms with E-state index in [0.717, 1.165) is 0 Å². The Balaban J connectivity index is 0.000000640. The summed E-state index contributed by atoms with van der Waals surface area (Å²) in [4.78, 5) is 3.59. The van der Waals surface area contributed by atoms with Crippen molar-refractivity contribution in [3.8, 4) is 5.75 Å². The number of pyridine rings is 1. The SMILES string of the molecule is Oc1ccc(Cl)nc1.[NaH]. The van der Waals surface area contributed by atoms with E-state index in [4.69, 9.17) is 16.7 Å². The number of hydrogen-bond acceptors (Lipinski definition) is 2. The third-order valence-electron chi connectivity index (χ3n) is 0.712. The van der Waals surface area contributed by atoms with Crippen molar-refractivity contribution in [2.45, 2.75) is 0 Å². The van der Waals surface area contributed by atoms with Crippen LogP contribution in [0.2, 0.25) is 5.15 Å². The molecule has 0 fully saturated rings. The normalized spacial score (nSPS) is 8.11. The molecule has 0 spiro atoms. The summed E-state index contributed by atoms with van der Waals surface area (Å²) in [5, 5.41) is 9.03. The van der Waals surface area contributed by atoms with E-state index in [1.165, 1.54) is 18.3 Å². The Hall–Kier alpha value is 0.240. The molecule has 0 aromatic carbocycles. The average molecular weight is 154 g/mol. The molecule has 1 N–H and O–H groups in total. The molecule has 2 nitrogen and oxygen atoms in total. The van der Waals surface area contributed by atoms with E-state index < -0.39 is 0 Å². The summed E-state index contributed by atoms with van der Waals surface area (Å²) in [5.74, 6) is 0.134. The summed E-state index contributed by atoms with van der Waals surface area (Å²) in [7, 11) is 0. The average Bonchev–Trinajstić information content (AvgIpc) is 1.77. The fourth-order valence-electron chi connectivity index (χ4n) is 0.368. The van der Waals surface area contributed by atoms with Crippen LogP contribution in [0.25, 0.3) is 0 Å². The number of aromatic hydroxyl groups is 1. The van der Waals surface area contributed by atoms with Crippen LogP contribution < -0.4 is 0 Å². The van der Waals surface area contributed by atoms with Gasteiger partial charge in [-0.25, -0.2) is 4.98 Å². The number of rotatable bonds is 0. The number of nitrogens with zero attached hydrogens (tertiary/aromatic N) is 1. The number of halogens is 1. The van der Waals surface area contributed by atoms with Gasteiger partial charge in [-0.3, -0.25) is 0 Å². The van der Waals surface area contributed by atoms with E-state index in [2.05, 4.69) is 4.98 Å². The Morgan fingerprint density at radius 1 is 1.44 bits per heavy atom. The van der Waals surface area contributed by atoms with E-state index >= 15 is 0 Å². The van der Waals surface area contributed by atoms with Gasteiger partial charge in [-0.05, 0) is 12.1 Å². The maximum atomic E-state index is 8.64. The van der Waals surface area contributed by atoms with Crippen LogP contribution in [0.3, 0.4) is 0 Å². The molecule has 0 bridgehead atoms. The quantitative estimate of drug-likeness (QED) is 0.442. The van der Waals surface area contributed by atoms with Gasteiger partial charge in [0.1, 0.15) is 10.9 Å². The zero-order chi connectivity index (χ0) is 5.98. The Morgan fingerprint density at radius 3 is 2.44 bits per heavy atom. The fourth-order valence-corrected chi connectivity index (χ4v) is 0.480. The van der Waals surface area contributed by atoms with Gasteiger partial charge in [0.15, 0.2) is 0 Å². The van der Waals surface area contributed by atoms with Crippen LogP contribution in [0, 0.1) is 0 Å². The van der Waals surface area contributed by atoms with E-state index in [1.807, 2.05) is 0 Å². The number of hydrogen-bond donors (Lipinski definition) is 1. The van der Waals surface area contributed by atoms with Gasteiger partial charge >= 0.3 is 29.6 Å². The summed E-state index contributed by atoms with van der Waals surface area (Å²) < 4.78 is 0. The van der Waals surface area contributed by atoms with Crippen LogP contribution in [0.4, 0.5) is 0 Å². The standard InChI is InChI=1S/C5H4ClNO.Na.H/c6-5-2-1-4(8)3-7-5;;/h1-3,8H;;. The molecule has 1 rings (SSSR count). The molecule has 1 aromatic heterocycles. The second kappa shape index (κ2) is 4.12. The molecule has 0 atom stereocenters. The van der Waals surface area contributed by atoms with Crippen molar-refractivity contribution >= 4 is 41.2 Å². The van der Waals surface area contributed by atoms with Gasteiger partial charge < -0.3 is 5.11 Å². The summed E-state index contributed by atoms with van der Waals surface area (Å²) in [6, 6.07) is 3.01. The van der Waals surface area contributed by atoms with Gasteiger partial charge in [0.25, 0.3) is 0 Å².